The highest BCUT2D eigenvalue weighted by Crippen LogP contribution is 1.94. The predicted molar refractivity (Wildman–Crippen MR) is 33.0 cm³/mol. The third-order valence-corrected chi connectivity index (χ3v) is 0.808. The molecule has 0 aromatic rings. The Balaban J connectivity index is 3.07. The molecule has 0 aliphatic rings. The van der Waals surface area contributed by atoms with Gasteiger partial charge in [0, 0.05) is 13.7 Å². The van der Waals surface area contributed by atoms with Gasteiger partial charge in [0.05, 0.1) is 7.85 Å². The van der Waals surface area contributed by atoms with E-state index in [1.54, 1.807) is 7.11 Å². The molecule has 1 unspecified atom stereocenters. The lowest BCUT2D eigenvalue weighted by Gasteiger charge is -2.11. The van der Waals surface area contributed by atoms with Gasteiger partial charge in [-0.3, -0.25) is 0 Å². The van der Waals surface area contributed by atoms with Crippen LogP contribution in [0.5, 0.6) is 0 Å². The molecule has 46 valence electrons. The van der Waals surface area contributed by atoms with Gasteiger partial charge in [-0.2, -0.15) is 0 Å². The van der Waals surface area contributed by atoms with Crippen LogP contribution in [-0.2, 0) is 9.47 Å². The van der Waals surface area contributed by atoms with Crippen molar-refractivity contribution in [2.24, 2.45) is 0 Å². The normalized spacial score (nSPS) is 13.8. The third-order valence-electron chi connectivity index (χ3n) is 0.808. The van der Waals surface area contributed by atoms with Crippen LogP contribution in [0.1, 0.15) is 6.92 Å². The van der Waals surface area contributed by atoms with E-state index in [-0.39, 0.29) is 6.29 Å². The lowest BCUT2D eigenvalue weighted by molar-refractivity contribution is -0.106. The zero-order chi connectivity index (χ0) is 6.41. The maximum absolute atomic E-state index is 5.22. The Bertz CT molecular complexity index is 45.7. The molecule has 0 bridgehead atoms. The minimum Gasteiger partial charge on any atom is -0.357 e. The second kappa shape index (κ2) is 5.13. The molecule has 0 saturated heterocycles. The molecule has 0 aromatic heterocycles. The molecule has 0 rings (SSSR count). The largest absolute Gasteiger partial charge is 0.357 e. The summed E-state index contributed by atoms with van der Waals surface area (Å²) >= 11 is 0. The Morgan fingerprint density at radius 2 is 2.25 bits per heavy atom. The smallest absolute Gasteiger partial charge is 0.149 e. The van der Waals surface area contributed by atoms with E-state index >= 15 is 0 Å². The quantitative estimate of drug-likeness (QED) is 0.393. The van der Waals surface area contributed by atoms with Crippen LogP contribution in [0.4, 0.5) is 0 Å². The molecular formula is C5H11BO2. The van der Waals surface area contributed by atoms with E-state index in [0.717, 1.165) is 0 Å². The summed E-state index contributed by atoms with van der Waals surface area (Å²) in [6.45, 7) is 2.55. The Hall–Kier alpha value is -0.0151. The second-order valence-corrected chi connectivity index (χ2v) is 1.36. The standard InChI is InChI=1S/C5H11BO2/c1-3-8-5(4-6)7-2/h5H,3-4H2,1-2H3. The predicted octanol–water partition coefficient (Wildman–Crippen LogP) is 0.582. The summed E-state index contributed by atoms with van der Waals surface area (Å²) in [5.74, 6) is 0. The van der Waals surface area contributed by atoms with Gasteiger partial charge in [-0.05, 0) is 13.2 Å². The fourth-order valence-corrected chi connectivity index (χ4v) is 0.418. The van der Waals surface area contributed by atoms with E-state index in [4.69, 9.17) is 17.3 Å². The van der Waals surface area contributed by atoms with Crippen molar-refractivity contribution in [3.05, 3.63) is 0 Å². The molecule has 0 saturated carbocycles. The topological polar surface area (TPSA) is 18.5 Å². The van der Waals surface area contributed by atoms with Crippen molar-refractivity contribution in [2.75, 3.05) is 13.7 Å². The van der Waals surface area contributed by atoms with Crippen molar-refractivity contribution in [3.63, 3.8) is 0 Å². The summed E-state index contributed by atoms with van der Waals surface area (Å²) in [4.78, 5) is 0. The summed E-state index contributed by atoms with van der Waals surface area (Å²) in [5.41, 5.74) is 0. The van der Waals surface area contributed by atoms with E-state index in [0.29, 0.717) is 12.9 Å². The third kappa shape index (κ3) is 3.05. The van der Waals surface area contributed by atoms with Crippen molar-refractivity contribution in [2.45, 2.75) is 19.5 Å². The molecule has 0 aliphatic carbocycles. The number of hydrogen-bond acceptors (Lipinski definition) is 2. The fraction of sp³-hybridized carbons (Fsp3) is 1.00. The first kappa shape index (κ1) is 7.98. The van der Waals surface area contributed by atoms with Crippen LogP contribution in [0.15, 0.2) is 0 Å². The Morgan fingerprint density at radius 3 is 2.38 bits per heavy atom. The molecular weight excluding hydrogens is 103 g/mol. The summed E-state index contributed by atoms with van der Waals surface area (Å²) in [7, 11) is 6.80. The molecule has 1 atom stereocenters. The summed E-state index contributed by atoms with van der Waals surface area (Å²) in [6, 6.07) is 0. The lowest BCUT2D eigenvalue weighted by Crippen LogP contribution is -2.13. The number of hydrogen-bond donors (Lipinski definition) is 0. The maximum atomic E-state index is 5.22. The first-order valence-electron chi connectivity index (χ1n) is 2.69. The van der Waals surface area contributed by atoms with Crippen LogP contribution >= 0.6 is 0 Å². The molecule has 8 heavy (non-hydrogen) atoms. The van der Waals surface area contributed by atoms with Gasteiger partial charge in [0.1, 0.15) is 6.29 Å². The van der Waals surface area contributed by atoms with Gasteiger partial charge in [-0.25, -0.2) is 0 Å². The Kier molecular flexibility index (Phi) is 5.12. The molecule has 2 nitrogen and oxygen atoms in total. The van der Waals surface area contributed by atoms with Crippen LogP contribution < -0.4 is 0 Å². The van der Waals surface area contributed by atoms with Crippen molar-refractivity contribution in [1.82, 2.24) is 0 Å². The van der Waals surface area contributed by atoms with E-state index in [9.17, 15) is 0 Å². The van der Waals surface area contributed by atoms with E-state index < -0.39 is 0 Å². The summed E-state index contributed by atoms with van der Waals surface area (Å²) in [5, 5.41) is 0. The molecule has 0 heterocycles. The van der Waals surface area contributed by atoms with Crippen LogP contribution in [0.2, 0.25) is 6.32 Å². The summed E-state index contributed by atoms with van der Waals surface area (Å²) < 4.78 is 9.79. The Morgan fingerprint density at radius 1 is 1.62 bits per heavy atom. The average Bonchev–Trinajstić information content (AvgIpc) is 1.83. The average molecular weight is 114 g/mol. The fourth-order valence-electron chi connectivity index (χ4n) is 0.418. The molecule has 3 heteroatoms. The molecule has 0 fully saturated rings. The zero-order valence-corrected chi connectivity index (χ0v) is 5.39. The number of methoxy groups -OCH3 is 1. The van der Waals surface area contributed by atoms with Crippen molar-refractivity contribution < 1.29 is 9.47 Å². The van der Waals surface area contributed by atoms with E-state index in [1.165, 1.54) is 0 Å². The van der Waals surface area contributed by atoms with Crippen LogP contribution in [-0.4, -0.2) is 27.9 Å². The van der Waals surface area contributed by atoms with Gasteiger partial charge in [-0.1, -0.05) is 0 Å². The minimum absolute atomic E-state index is 0.222. The molecule has 0 spiro atoms. The van der Waals surface area contributed by atoms with Gasteiger partial charge < -0.3 is 9.47 Å². The van der Waals surface area contributed by atoms with Gasteiger partial charge >= 0.3 is 0 Å². The molecule has 0 aromatic carbocycles. The minimum atomic E-state index is -0.222. The molecule has 0 amide bonds. The maximum Gasteiger partial charge on any atom is 0.149 e. The van der Waals surface area contributed by atoms with Gasteiger partial charge in [0.15, 0.2) is 0 Å². The summed E-state index contributed by atoms with van der Waals surface area (Å²) in [6.07, 6.45) is 0.199. The van der Waals surface area contributed by atoms with Crippen molar-refractivity contribution in [1.29, 1.82) is 0 Å². The SMILES string of the molecule is [B]CC(OC)OCC. The second-order valence-electron chi connectivity index (χ2n) is 1.36. The van der Waals surface area contributed by atoms with Crippen molar-refractivity contribution >= 4 is 7.85 Å². The highest BCUT2D eigenvalue weighted by Gasteiger charge is 1.98. The van der Waals surface area contributed by atoms with E-state index in [1.807, 2.05) is 6.92 Å². The van der Waals surface area contributed by atoms with Crippen LogP contribution in [0.3, 0.4) is 0 Å². The first-order valence-corrected chi connectivity index (χ1v) is 2.69. The first-order chi connectivity index (χ1) is 3.85. The Labute approximate surface area is 51.6 Å². The van der Waals surface area contributed by atoms with Crippen LogP contribution in [0, 0.1) is 0 Å². The van der Waals surface area contributed by atoms with Crippen LogP contribution in [0.25, 0.3) is 0 Å². The molecule has 0 aliphatic heterocycles. The monoisotopic (exact) mass is 114 g/mol. The van der Waals surface area contributed by atoms with Gasteiger partial charge in [0.2, 0.25) is 0 Å². The highest BCUT2D eigenvalue weighted by atomic mass is 16.7. The van der Waals surface area contributed by atoms with Gasteiger partial charge in [0.25, 0.3) is 0 Å². The highest BCUT2D eigenvalue weighted by molar-refractivity contribution is 6.08. The molecule has 0 N–H and O–H groups in total. The van der Waals surface area contributed by atoms with Crippen molar-refractivity contribution in [3.8, 4) is 0 Å². The lowest BCUT2D eigenvalue weighted by atomic mass is 10.1. The van der Waals surface area contributed by atoms with Gasteiger partial charge in [-0.15, -0.1) is 0 Å². The van der Waals surface area contributed by atoms with E-state index in [2.05, 4.69) is 0 Å². The molecule has 2 radical (unpaired) electrons. The number of ether oxygens (including phenoxy) is 2. The number of rotatable bonds is 4. The zero-order valence-electron chi connectivity index (χ0n) is 5.39.